The van der Waals surface area contributed by atoms with Crippen LogP contribution in [0.15, 0.2) is 0 Å². The minimum atomic E-state index is -2.94. The molecule has 0 spiro atoms. The van der Waals surface area contributed by atoms with E-state index in [0.717, 1.165) is 64.5 Å². The number of ether oxygens (including phenoxy) is 6. The number of carbonyl (C=O) groups excluding carboxylic acids is 4. The zero-order valence-corrected chi connectivity index (χ0v) is 56.4. The van der Waals surface area contributed by atoms with Crippen LogP contribution in [0.1, 0.15) is 141 Å². The van der Waals surface area contributed by atoms with Crippen LogP contribution in [0.3, 0.4) is 0 Å². The van der Waals surface area contributed by atoms with Gasteiger partial charge in [0, 0.05) is 123 Å². The molecule has 4 amide bonds. The monoisotopic (exact) mass is 1220 g/mol. The summed E-state index contributed by atoms with van der Waals surface area (Å²) in [6.45, 7) is 28.2. The molecule has 0 fully saturated rings. The van der Waals surface area contributed by atoms with Crippen LogP contribution < -0.4 is 40.2 Å². The van der Waals surface area contributed by atoms with Gasteiger partial charge in [-0.15, -0.1) is 0 Å². The Kier molecular flexibility index (Phi) is 117. The molecule has 0 aromatic heterocycles. The van der Waals surface area contributed by atoms with Gasteiger partial charge in [-0.25, -0.2) is 52.6 Å². The van der Waals surface area contributed by atoms with Gasteiger partial charge in [0.05, 0.1) is 37.2 Å². The molecule has 0 aliphatic carbocycles. The summed E-state index contributed by atoms with van der Waals surface area (Å²) in [6.07, 6.45) is 10.5. The van der Waals surface area contributed by atoms with E-state index in [9.17, 15) is 52.8 Å². The first kappa shape index (κ1) is 104. The SMILES string of the molecule is CCC(=O)NC.CCCC(=O)NC.CCCCOC.CCCNC(C)=O.CCCNS(C)(=O)=O.CCCOC.CCCS(=O)(=O)NC.CCNC(C)=O.CCNS(C)(=O)=O.CCS(=O)(=O)NC.COCCOC.COCOC. The highest BCUT2D eigenvalue weighted by Gasteiger charge is 2.02. The van der Waals surface area contributed by atoms with Gasteiger partial charge in [-0.05, 0) is 66.5 Å². The summed E-state index contributed by atoms with van der Waals surface area (Å²) >= 11 is 0. The lowest BCUT2D eigenvalue weighted by atomic mass is 10.3. The standard InChI is InChI=1S/2C5H11NO.C5H12O.2C4H11NO2S.2C4H9NO.C4H10O2.C4H10O.2C3H9NO2S.C3H8O2/c1-3-4-5(7)6-2;1-3-4-6-5(2)7;1-3-4-5-6-2;1-3-4-5-8(2,6)7;1-3-4-8(6,7)5-2;1-3-4(6)5-2;1-3-5-4(2)6;1-5-3-4-6-2;1-3-4-5-2;1-3-4-7(2,5)6;1-3-7(5,6)4-2;1-4-3-5-2/h2*3-4H2,1-2H3,(H,6,7);3-5H2,1-2H3;2*5H,3-4H2,1-2H3;2*3H2,1-2H3,(H,5,6);3-4H2,1-2H3;3-4H2,1-2H3;2*4H,3H2,1-2H3;3H2,1-2H3. The van der Waals surface area contributed by atoms with Gasteiger partial charge < -0.3 is 49.7 Å². The summed E-state index contributed by atoms with van der Waals surface area (Å²) in [7, 11) is 4.34. The zero-order valence-electron chi connectivity index (χ0n) is 53.1. The number of unbranched alkanes of at least 4 members (excludes halogenated alkanes) is 1. The topological polar surface area (TPSA) is 356 Å². The number of carbonyl (C=O) groups is 4. The summed E-state index contributed by atoms with van der Waals surface area (Å²) in [5, 5.41) is 10.2. The first-order valence-electron chi connectivity index (χ1n) is 25.7. The highest BCUT2D eigenvalue weighted by Crippen LogP contribution is 1.85. The number of amides is 4. The fourth-order valence-electron chi connectivity index (χ4n) is 2.92. The van der Waals surface area contributed by atoms with Gasteiger partial charge in [0.25, 0.3) is 0 Å². The molecule has 78 heavy (non-hydrogen) atoms. The van der Waals surface area contributed by atoms with Gasteiger partial charge >= 0.3 is 0 Å². The number of hydrogen-bond donors (Lipinski definition) is 8. The minimum Gasteiger partial charge on any atom is -0.385 e. The number of methoxy groups -OCH3 is 6. The van der Waals surface area contributed by atoms with Crippen molar-refractivity contribution in [1.82, 2.24) is 40.2 Å². The van der Waals surface area contributed by atoms with Crippen LogP contribution in [0.5, 0.6) is 0 Å². The van der Waals surface area contributed by atoms with E-state index >= 15 is 0 Å². The molecule has 0 aromatic rings. The molecule has 0 rings (SSSR count). The van der Waals surface area contributed by atoms with Crippen molar-refractivity contribution in [3.8, 4) is 0 Å². The van der Waals surface area contributed by atoms with Crippen LogP contribution in [-0.4, -0.2) is 212 Å². The molecule has 0 atom stereocenters. The van der Waals surface area contributed by atoms with Gasteiger partial charge in [0.15, 0.2) is 0 Å². The maximum atomic E-state index is 10.5. The molecule has 0 saturated heterocycles. The van der Waals surface area contributed by atoms with E-state index in [4.69, 9.17) is 9.47 Å². The summed E-state index contributed by atoms with van der Waals surface area (Å²) < 4.78 is 119. The summed E-state index contributed by atoms with van der Waals surface area (Å²) in [6, 6.07) is 0. The van der Waals surface area contributed by atoms with Gasteiger partial charge in [0.2, 0.25) is 63.7 Å². The second kappa shape index (κ2) is 88.1. The third kappa shape index (κ3) is 187. The van der Waals surface area contributed by atoms with Crippen LogP contribution >= 0.6 is 0 Å². The predicted octanol–water partition coefficient (Wildman–Crippen LogP) is 3.34. The Morgan fingerprint density at radius 2 is 0.833 bits per heavy atom. The molecular weight excluding hydrogens is 1100 g/mol. The Hall–Kier alpha value is -2.72. The summed E-state index contributed by atoms with van der Waals surface area (Å²) in [4.78, 5) is 40.4. The smallest absolute Gasteiger partial charge is 0.219 e. The molecule has 0 unspecified atom stereocenters. The second-order valence-electron chi connectivity index (χ2n) is 14.6. The van der Waals surface area contributed by atoms with E-state index in [1.807, 2.05) is 41.5 Å². The van der Waals surface area contributed by atoms with Crippen molar-refractivity contribution in [3.63, 3.8) is 0 Å². The van der Waals surface area contributed by atoms with Gasteiger partial charge in [-0.2, -0.15) is 0 Å². The molecule has 0 aliphatic rings. The molecule has 30 heteroatoms. The Morgan fingerprint density at radius 3 is 0.910 bits per heavy atom. The molecule has 0 bridgehead atoms. The van der Waals surface area contributed by atoms with Crippen molar-refractivity contribution in [2.45, 2.75) is 141 Å². The van der Waals surface area contributed by atoms with Crippen molar-refractivity contribution in [2.75, 3.05) is 154 Å². The Labute approximate surface area is 478 Å². The lowest BCUT2D eigenvalue weighted by Crippen LogP contribution is -2.22. The normalized spacial score (nSPS) is 9.64. The summed E-state index contributed by atoms with van der Waals surface area (Å²) in [5.41, 5.74) is 0. The molecular formula is C48H120N8O18S4. The van der Waals surface area contributed by atoms with Crippen LogP contribution in [0.25, 0.3) is 0 Å². The number of hydrogen-bond acceptors (Lipinski definition) is 18. The fraction of sp³-hybridized carbons (Fsp3) is 0.917. The zero-order chi connectivity index (χ0) is 64.4. The summed E-state index contributed by atoms with van der Waals surface area (Å²) in [5.74, 6) is 0.698. The first-order valence-corrected chi connectivity index (χ1v) is 32.8. The van der Waals surface area contributed by atoms with Crippen LogP contribution in [0.2, 0.25) is 0 Å². The number of nitrogens with one attached hydrogen (secondary N) is 8. The molecule has 0 aromatic carbocycles. The van der Waals surface area contributed by atoms with E-state index in [0.29, 0.717) is 52.4 Å². The van der Waals surface area contributed by atoms with Crippen molar-refractivity contribution in [2.24, 2.45) is 0 Å². The second-order valence-corrected chi connectivity index (χ2v) is 22.5. The molecule has 0 saturated carbocycles. The molecule has 8 N–H and O–H groups in total. The van der Waals surface area contributed by atoms with Crippen molar-refractivity contribution in [3.05, 3.63) is 0 Å². The van der Waals surface area contributed by atoms with Crippen LogP contribution in [-0.2, 0) is 87.7 Å². The van der Waals surface area contributed by atoms with Crippen molar-refractivity contribution >= 4 is 63.7 Å². The van der Waals surface area contributed by atoms with E-state index in [1.165, 1.54) is 40.8 Å². The highest BCUT2D eigenvalue weighted by atomic mass is 32.2. The maximum Gasteiger partial charge on any atom is 0.219 e. The Morgan fingerprint density at radius 1 is 0.423 bits per heavy atom. The van der Waals surface area contributed by atoms with Gasteiger partial charge in [-0.3, -0.25) is 19.2 Å². The third-order valence-electron chi connectivity index (χ3n) is 6.74. The number of sulfonamides is 4. The lowest BCUT2D eigenvalue weighted by molar-refractivity contribution is -0.121. The fourth-order valence-corrected chi connectivity index (χ4v) is 5.05. The average molecular weight is 1230 g/mol. The first-order chi connectivity index (χ1) is 36.2. The highest BCUT2D eigenvalue weighted by molar-refractivity contribution is 7.89. The maximum absolute atomic E-state index is 10.5. The van der Waals surface area contributed by atoms with Gasteiger partial charge in [-0.1, -0.05) is 61.8 Å². The third-order valence-corrected chi connectivity index (χ3v) is 11.2. The average Bonchev–Trinajstić information content (AvgIpc) is 3.38. The largest absolute Gasteiger partial charge is 0.385 e. The van der Waals surface area contributed by atoms with E-state index in [2.05, 4.69) is 73.0 Å². The molecule has 26 nitrogen and oxygen atoms in total. The Balaban J connectivity index is -0.0000000611. The lowest BCUT2D eigenvalue weighted by Gasteiger charge is -1.95. The molecule has 0 radical (unpaired) electrons. The van der Waals surface area contributed by atoms with E-state index < -0.39 is 40.1 Å². The van der Waals surface area contributed by atoms with E-state index in [1.54, 1.807) is 70.6 Å². The Bertz CT molecular complexity index is 1580. The molecule has 484 valence electrons. The number of rotatable bonds is 26. The van der Waals surface area contributed by atoms with Crippen molar-refractivity contribution in [1.29, 1.82) is 0 Å². The molecule has 0 aliphatic heterocycles. The quantitative estimate of drug-likeness (QED) is 0.0455. The van der Waals surface area contributed by atoms with E-state index in [-0.39, 0.29) is 35.1 Å². The predicted molar refractivity (Wildman–Crippen MR) is 322 cm³/mol. The van der Waals surface area contributed by atoms with Crippen LogP contribution in [0, 0.1) is 0 Å². The minimum absolute atomic E-state index is 0.0394. The molecule has 0 heterocycles. The van der Waals surface area contributed by atoms with Crippen LogP contribution in [0.4, 0.5) is 0 Å². The van der Waals surface area contributed by atoms with Gasteiger partial charge in [0.1, 0.15) is 6.79 Å². The van der Waals surface area contributed by atoms with Crippen molar-refractivity contribution < 1.29 is 81.3 Å².